The fourth-order valence-corrected chi connectivity index (χ4v) is 5.22. The second kappa shape index (κ2) is 10.5. The van der Waals surface area contributed by atoms with Crippen LogP contribution in [0.2, 0.25) is 0 Å². The molecule has 0 N–H and O–H groups in total. The molecular formula is C24H35N3O5. The molecule has 8 nitrogen and oxygen atoms in total. The van der Waals surface area contributed by atoms with E-state index in [4.69, 9.17) is 14.2 Å². The Morgan fingerprint density at radius 3 is 2.03 bits per heavy atom. The minimum Gasteiger partial charge on any atom is -0.497 e. The quantitative estimate of drug-likeness (QED) is 0.666. The van der Waals surface area contributed by atoms with E-state index in [-0.39, 0.29) is 17.9 Å². The summed E-state index contributed by atoms with van der Waals surface area (Å²) < 4.78 is 16.1. The molecule has 8 heteroatoms. The lowest BCUT2D eigenvalue weighted by molar-refractivity contribution is -0.144. The van der Waals surface area contributed by atoms with Crippen LogP contribution < -0.4 is 9.47 Å². The van der Waals surface area contributed by atoms with Gasteiger partial charge in [0.25, 0.3) is 5.91 Å². The number of piperazine rings is 1. The monoisotopic (exact) mass is 445 g/mol. The second-order valence-corrected chi connectivity index (χ2v) is 8.86. The number of amides is 2. The number of carbonyl (C=O) groups is 2. The van der Waals surface area contributed by atoms with Gasteiger partial charge < -0.3 is 24.0 Å². The van der Waals surface area contributed by atoms with E-state index in [9.17, 15) is 9.59 Å². The SMILES string of the molecule is COc1cc(OC)cc(C(=O)N2CCN(C(C(=O)N3CCOCC3)C3CCCC3)CC2)c1. The average Bonchev–Trinajstić information content (AvgIpc) is 3.38. The third kappa shape index (κ3) is 5.02. The van der Waals surface area contributed by atoms with Crippen LogP contribution in [0.25, 0.3) is 0 Å². The van der Waals surface area contributed by atoms with Gasteiger partial charge in [0.15, 0.2) is 0 Å². The van der Waals surface area contributed by atoms with E-state index in [1.54, 1.807) is 32.4 Å². The van der Waals surface area contributed by atoms with Gasteiger partial charge in [-0.2, -0.15) is 0 Å². The molecule has 3 fully saturated rings. The van der Waals surface area contributed by atoms with Crippen molar-refractivity contribution in [2.24, 2.45) is 5.92 Å². The number of hydrogen-bond donors (Lipinski definition) is 0. The lowest BCUT2D eigenvalue weighted by Crippen LogP contribution is -2.59. The van der Waals surface area contributed by atoms with Crippen molar-refractivity contribution in [2.45, 2.75) is 31.7 Å². The van der Waals surface area contributed by atoms with Crippen molar-refractivity contribution in [3.8, 4) is 11.5 Å². The highest BCUT2D eigenvalue weighted by atomic mass is 16.5. The van der Waals surface area contributed by atoms with Gasteiger partial charge in [0.2, 0.25) is 5.91 Å². The highest BCUT2D eigenvalue weighted by Gasteiger charge is 2.39. The summed E-state index contributed by atoms with van der Waals surface area (Å²) in [6.07, 6.45) is 4.63. The molecule has 1 saturated carbocycles. The molecule has 0 radical (unpaired) electrons. The van der Waals surface area contributed by atoms with Crippen LogP contribution in [0.15, 0.2) is 18.2 Å². The Kier molecular flexibility index (Phi) is 7.52. The number of benzene rings is 1. The smallest absolute Gasteiger partial charge is 0.254 e. The van der Waals surface area contributed by atoms with E-state index < -0.39 is 0 Å². The molecule has 1 aromatic carbocycles. The van der Waals surface area contributed by atoms with Crippen LogP contribution in [0.1, 0.15) is 36.0 Å². The molecule has 0 spiro atoms. The molecule has 0 aromatic heterocycles. The van der Waals surface area contributed by atoms with Crippen LogP contribution in [0.3, 0.4) is 0 Å². The predicted octanol–water partition coefficient (Wildman–Crippen LogP) is 1.88. The van der Waals surface area contributed by atoms with Gasteiger partial charge >= 0.3 is 0 Å². The van der Waals surface area contributed by atoms with Gasteiger partial charge in [-0.15, -0.1) is 0 Å². The molecule has 1 aromatic rings. The Labute approximate surface area is 190 Å². The van der Waals surface area contributed by atoms with Crippen LogP contribution in [0, 0.1) is 5.92 Å². The molecule has 2 saturated heterocycles. The zero-order chi connectivity index (χ0) is 22.5. The summed E-state index contributed by atoms with van der Waals surface area (Å²) in [5.41, 5.74) is 0.561. The molecule has 4 rings (SSSR count). The molecule has 2 aliphatic heterocycles. The molecular weight excluding hydrogens is 410 g/mol. The van der Waals surface area contributed by atoms with Crippen LogP contribution in [0.5, 0.6) is 11.5 Å². The van der Waals surface area contributed by atoms with Gasteiger partial charge in [0.1, 0.15) is 11.5 Å². The maximum absolute atomic E-state index is 13.5. The van der Waals surface area contributed by atoms with Crippen molar-refractivity contribution >= 4 is 11.8 Å². The highest BCUT2D eigenvalue weighted by Crippen LogP contribution is 2.32. The summed E-state index contributed by atoms with van der Waals surface area (Å²) in [5, 5.41) is 0. The standard InChI is InChI=1S/C24H35N3O5/c1-30-20-15-19(16-21(17-20)31-2)23(28)26-9-7-25(8-10-26)22(18-5-3-4-6-18)24(29)27-11-13-32-14-12-27/h15-18,22H,3-14H2,1-2H3. The first-order valence-corrected chi connectivity index (χ1v) is 11.7. The first kappa shape index (κ1) is 22.9. The molecule has 2 amide bonds. The highest BCUT2D eigenvalue weighted by molar-refractivity contribution is 5.95. The fraction of sp³-hybridized carbons (Fsp3) is 0.667. The molecule has 0 bridgehead atoms. The molecule has 1 unspecified atom stereocenters. The molecule has 32 heavy (non-hydrogen) atoms. The van der Waals surface area contributed by atoms with Crippen molar-refractivity contribution in [3.05, 3.63) is 23.8 Å². The Morgan fingerprint density at radius 1 is 0.875 bits per heavy atom. The number of ether oxygens (including phenoxy) is 3. The Balaban J connectivity index is 1.43. The van der Waals surface area contributed by atoms with Crippen molar-refractivity contribution in [1.29, 1.82) is 0 Å². The summed E-state index contributed by atoms with van der Waals surface area (Å²) >= 11 is 0. The van der Waals surface area contributed by atoms with Crippen LogP contribution in [-0.4, -0.2) is 99.3 Å². The second-order valence-electron chi connectivity index (χ2n) is 8.86. The number of carbonyl (C=O) groups excluding carboxylic acids is 2. The molecule has 2 heterocycles. The third-order valence-electron chi connectivity index (χ3n) is 7.02. The topological polar surface area (TPSA) is 71.6 Å². The van der Waals surface area contributed by atoms with Gasteiger partial charge in [-0.05, 0) is 30.9 Å². The average molecular weight is 446 g/mol. The first-order valence-electron chi connectivity index (χ1n) is 11.7. The number of methoxy groups -OCH3 is 2. The number of morpholine rings is 1. The van der Waals surface area contributed by atoms with Crippen molar-refractivity contribution in [3.63, 3.8) is 0 Å². The summed E-state index contributed by atoms with van der Waals surface area (Å²) in [6.45, 7) is 5.24. The van der Waals surface area contributed by atoms with E-state index in [2.05, 4.69) is 4.90 Å². The normalized spacial score (nSPS) is 21.4. The van der Waals surface area contributed by atoms with Gasteiger partial charge in [0.05, 0.1) is 33.5 Å². The van der Waals surface area contributed by atoms with Gasteiger partial charge in [-0.3, -0.25) is 14.5 Å². The van der Waals surface area contributed by atoms with Gasteiger partial charge in [-0.1, -0.05) is 12.8 Å². The van der Waals surface area contributed by atoms with Crippen molar-refractivity contribution in [2.75, 3.05) is 66.7 Å². The molecule has 1 atom stereocenters. The minimum atomic E-state index is -0.0789. The van der Waals surface area contributed by atoms with E-state index >= 15 is 0 Å². The lowest BCUT2D eigenvalue weighted by Gasteiger charge is -2.43. The Bertz CT molecular complexity index is 775. The van der Waals surface area contributed by atoms with Crippen LogP contribution in [-0.2, 0) is 9.53 Å². The van der Waals surface area contributed by atoms with E-state index in [0.29, 0.717) is 75.5 Å². The zero-order valence-electron chi connectivity index (χ0n) is 19.3. The largest absolute Gasteiger partial charge is 0.497 e. The lowest BCUT2D eigenvalue weighted by atomic mass is 9.94. The maximum Gasteiger partial charge on any atom is 0.254 e. The first-order chi connectivity index (χ1) is 15.6. The van der Waals surface area contributed by atoms with E-state index in [1.165, 1.54) is 12.8 Å². The predicted molar refractivity (Wildman–Crippen MR) is 120 cm³/mol. The molecule has 176 valence electrons. The summed E-state index contributed by atoms with van der Waals surface area (Å²) in [7, 11) is 3.16. The summed E-state index contributed by atoms with van der Waals surface area (Å²) in [5.74, 6) is 1.83. The maximum atomic E-state index is 13.5. The van der Waals surface area contributed by atoms with E-state index in [1.807, 2.05) is 9.80 Å². The number of rotatable bonds is 6. The Morgan fingerprint density at radius 2 is 1.47 bits per heavy atom. The summed E-state index contributed by atoms with van der Waals surface area (Å²) in [6, 6.07) is 5.18. The van der Waals surface area contributed by atoms with Crippen LogP contribution in [0.4, 0.5) is 0 Å². The molecule has 1 aliphatic carbocycles. The fourth-order valence-electron chi connectivity index (χ4n) is 5.22. The van der Waals surface area contributed by atoms with Crippen molar-refractivity contribution < 1.29 is 23.8 Å². The number of nitrogens with zero attached hydrogens (tertiary/aromatic N) is 3. The number of hydrogen-bond acceptors (Lipinski definition) is 6. The minimum absolute atomic E-state index is 0.0289. The van der Waals surface area contributed by atoms with Crippen LogP contribution >= 0.6 is 0 Å². The Hall–Kier alpha value is -2.32. The van der Waals surface area contributed by atoms with Gasteiger partial charge in [-0.25, -0.2) is 0 Å². The van der Waals surface area contributed by atoms with Gasteiger partial charge in [0, 0.05) is 50.9 Å². The van der Waals surface area contributed by atoms with E-state index in [0.717, 1.165) is 12.8 Å². The third-order valence-corrected chi connectivity index (χ3v) is 7.02. The molecule has 3 aliphatic rings. The zero-order valence-corrected chi connectivity index (χ0v) is 19.3. The van der Waals surface area contributed by atoms with Crippen molar-refractivity contribution in [1.82, 2.24) is 14.7 Å². The summed E-state index contributed by atoms with van der Waals surface area (Å²) in [4.78, 5) is 32.8.